The fraction of sp³-hybridized carbons (Fsp3) is 0.0870. The van der Waals surface area contributed by atoms with Crippen LogP contribution in [-0.4, -0.2) is 27.6 Å². The molecule has 0 unspecified atom stereocenters. The first-order valence-electron chi connectivity index (χ1n) is 9.47. The summed E-state index contributed by atoms with van der Waals surface area (Å²) in [5.74, 6) is 0.782. The van der Waals surface area contributed by atoms with Crippen LogP contribution in [0.25, 0.3) is 21.8 Å². The van der Waals surface area contributed by atoms with Crippen molar-refractivity contribution in [3.05, 3.63) is 77.1 Å². The lowest BCUT2D eigenvalue weighted by atomic mass is 10.1. The van der Waals surface area contributed by atoms with E-state index >= 15 is 0 Å². The molecule has 0 atom stereocenters. The minimum atomic E-state index is -3.83. The lowest BCUT2D eigenvalue weighted by Crippen LogP contribution is -2.13. The van der Waals surface area contributed by atoms with Gasteiger partial charge in [0.1, 0.15) is 5.01 Å². The molecule has 4 rings (SSSR count). The van der Waals surface area contributed by atoms with Gasteiger partial charge in [0.2, 0.25) is 0 Å². The zero-order valence-corrected chi connectivity index (χ0v) is 19.6. The number of thiazole rings is 1. The molecule has 1 aromatic heterocycles. The normalized spacial score (nSPS) is 11.2. The van der Waals surface area contributed by atoms with Crippen LogP contribution in [0.3, 0.4) is 0 Å². The van der Waals surface area contributed by atoms with E-state index in [-0.39, 0.29) is 4.90 Å². The topological polar surface area (TPSA) is 77.5 Å². The molecule has 0 saturated carbocycles. The average molecular weight is 487 g/mol. The van der Waals surface area contributed by atoms with E-state index in [1.807, 2.05) is 35.7 Å². The molecule has 3 aromatic carbocycles. The summed E-state index contributed by atoms with van der Waals surface area (Å²) in [6, 6.07) is 19.0. The van der Waals surface area contributed by atoms with Crippen molar-refractivity contribution in [3.8, 4) is 33.3 Å². The Balaban J connectivity index is 1.61. The lowest BCUT2D eigenvalue weighted by molar-refractivity contribution is 0.354. The number of anilines is 1. The molecule has 0 aliphatic rings. The highest BCUT2D eigenvalue weighted by atomic mass is 35.5. The molecular formula is C23H19ClN2O4S2. The van der Waals surface area contributed by atoms with Crippen molar-refractivity contribution in [1.29, 1.82) is 0 Å². The first-order valence-corrected chi connectivity index (χ1v) is 12.2. The monoisotopic (exact) mass is 486 g/mol. The Morgan fingerprint density at radius 1 is 0.938 bits per heavy atom. The van der Waals surface area contributed by atoms with Crippen LogP contribution in [0.5, 0.6) is 11.5 Å². The molecule has 0 spiro atoms. The zero-order chi connectivity index (χ0) is 22.7. The minimum absolute atomic E-state index is 0.0650. The summed E-state index contributed by atoms with van der Waals surface area (Å²) >= 11 is 7.76. The fourth-order valence-corrected chi connectivity index (χ4v) is 5.32. The molecule has 0 radical (unpaired) electrons. The summed E-state index contributed by atoms with van der Waals surface area (Å²) in [7, 11) is -0.888. The van der Waals surface area contributed by atoms with Gasteiger partial charge in [-0.1, -0.05) is 41.9 Å². The van der Waals surface area contributed by atoms with Crippen molar-refractivity contribution in [3.63, 3.8) is 0 Å². The number of hydrogen-bond acceptors (Lipinski definition) is 6. The van der Waals surface area contributed by atoms with E-state index < -0.39 is 10.0 Å². The molecule has 164 valence electrons. The van der Waals surface area contributed by atoms with Crippen LogP contribution in [-0.2, 0) is 10.0 Å². The van der Waals surface area contributed by atoms with Gasteiger partial charge in [-0.2, -0.15) is 0 Å². The average Bonchev–Trinajstić information content (AvgIpc) is 3.29. The highest BCUT2D eigenvalue weighted by molar-refractivity contribution is 7.92. The van der Waals surface area contributed by atoms with E-state index in [4.69, 9.17) is 21.1 Å². The second kappa shape index (κ2) is 9.20. The van der Waals surface area contributed by atoms with Crippen LogP contribution in [0.1, 0.15) is 0 Å². The Labute approximate surface area is 195 Å². The maximum Gasteiger partial charge on any atom is 0.262 e. The quantitative estimate of drug-likeness (QED) is 0.349. The highest BCUT2D eigenvalue weighted by Gasteiger charge is 2.18. The summed E-state index contributed by atoms with van der Waals surface area (Å²) in [6.07, 6.45) is 0. The molecule has 0 bridgehead atoms. The van der Waals surface area contributed by atoms with Crippen LogP contribution in [0, 0.1) is 0 Å². The van der Waals surface area contributed by atoms with Crippen molar-refractivity contribution in [1.82, 2.24) is 4.98 Å². The number of methoxy groups -OCH3 is 2. The number of halogens is 1. The third-order valence-corrected chi connectivity index (χ3v) is 7.27. The molecule has 32 heavy (non-hydrogen) atoms. The molecule has 1 heterocycles. The van der Waals surface area contributed by atoms with Crippen LogP contribution in [0.4, 0.5) is 5.69 Å². The van der Waals surface area contributed by atoms with Crippen LogP contribution < -0.4 is 14.2 Å². The van der Waals surface area contributed by atoms with Gasteiger partial charge in [-0.25, -0.2) is 13.4 Å². The van der Waals surface area contributed by atoms with Gasteiger partial charge in [0.05, 0.1) is 29.8 Å². The van der Waals surface area contributed by atoms with Gasteiger partial charge >= 0.3 is 0 Å². The van der Waals surface area contributed by atoms with Gasteiger partial charge in [0.15, 0.2) is 11.5 Å². The summed E-state index contributed by atoms with van der Waals surface area (Å²) in [5, 5.41) is 3.34. The number of nitrogens with one attached hydrogen (secondary N) is 1. The maximum absolute atomic E-state index is 12.9. The van der Waals surface area contributed by atoms with Gasteiger partial charge < -0.3 is 9.47 Å². The molecule has 0 amide bonds. The van der Waals surface area contributed by atoms with E-state index in [9.17, 15) is 8.42 Å². The molecule has 0 fully saturated rings. The molecule has 9 heteroatoms. The molecule has 0 aliphatic carbocycles. The molecular weight excluding hydrogens is 468 g/mol. The molecule has 0 aliphatic heterocycles. The number of aromatic nitrogens is 1. The van der Waals surface area contributed by atoms with Crippen molar-refractivity contribution in [2.45, 2.75) is 4.90 Å². The summed E-state index contributed by atoms with van der Waals surface area (Å²) in [5.41, 5.74) is 2.80. The Kier molecular flexibility index (Phi) is 6.36. The summed E-state index contributed by atoms with van der Waals surface area (Å²) in [6.45, 7) is 0. The predicted molar refractivity (Wildman–Crippen MR) is 128 cm³/mol. The van der Waals surface area contributed by atoms with E-state index in [2.05, 4.69) is 9.71 Å². The minimum Gasteiger partial charge on any atom is -0.493 e. The van der Waals surface area contributed by atoms with Gasteiger partial charge in [-0.05, 0) is 30.3 Å². The Bertz CT molecular complexity index is 1370. The van der Waals surface area contributed by atoms with E-state index in [1.165, 1.54) is 37.7 Å². The number of nitrogens with zero attached hydrogens (tertiary/aromatic N) is 1. The van der Waals surface area contributed by atoms with E-state index in [0.717, 1.165) is 21.8 Å². The Morgan fingerprint density at radius 2 is 1.72 bits per heavy atom. The van der Waals surface area contributed by atoms with Crippen molar-refractivity contribution in [2.75, 3.05) is 18.9 Å². The summed E-state index contributed by atoms with van der Waals surface area (Å²) in [4.78, 5) is 4.74. The second-order valence-corrected chi connectivity index (χ2v) is 9.67. The number of ether oxygens (including phenoxy) is 2. The Morgan fingerprint density at radius 3 is 2.47 bits per heavy atom. The van der Waals surface area contributed by atoms with Gasteiger partial charge in [-0.15, -0.1) is 11.3 Å². The first-order chi connectivity index (χ1) is 15.4. The highest BCUT2D eigenvalue weighted by Crippen LogP contribution is 2.34. The van der Waals surface area contributed by atoms with Gasteiger partial charge in [-0.3, -0.25) is 4.72 Å². The SMILES string of the molecule is COc1ccc(S(=O)(=O)Nc2cccc(-c3csc(-c4ccccc4Cl)n3)c2)cc1OC. The first kappa shape index (κ1) is 22.1. The number of sulfonamides is 1. The second-order valence-electron chi connectivity index (χ2n) is 6.72. The number of hydrogen-bond donors (Lipinski definition) is 1. The Hall–Kier alpha value is -3.07. The van der Waals surface area contributed by atoms with E-state index in [0.29, 0.717) is 22.2 Å². The van der Waals surface area contributed by atoms with Crippen molar-refractivity contribution in [2.24, 2.45) is 0 Å². The number of benzene rings is 3. The van der Waals surface area contributed by atoms with Gasteiger partial charge in [0.25, 0.3) is 10.0 Å². The predicted octanol–water partition coefficient (Wildman–Crippen LogP) is 5.95. The van der Waals surface area contributed by atoms with Crippen LogP contribution in [0.2, 0.25) is 5.02 Å². The molecule has 6 nitrogen and oxygen atoms in total. The van der Waals surface area contributed by atoms with Crippen LogP contribution in [0.15, 0.2) is 77.0 Å². The maximum atomic E-state index is 12.9. The molecule has 4 aromatic rings. The number of rotatable bonds is 7. The zero-order valence-electron chi connectivity index (χ0n) is 17.2. The van der Waals surface area contributed by atoms with E-state index in [1.54, 1.807) is 24.3 Å². The standard InChI is InChI=1S/C23H19ClN2O4S2/c1-29-21-11-10-17(13-22(21)30-2)32(27,28)26-16-7-5-6-15(12-16)20-14-31-23(25-20)18-8-3-4-9-19(18)24/h3-14,26H,1-2H3. The van der Waals surface area contributed by atoms with Crippen molar-refractivity contribution < 1.29 is 17.9 Å². The smallest absolute Gasteiger partial charge is 0.262 e. The largest absolute Gasteiger partial charge is 0.493 e. The molecule has 0 saturated heterocycles. The third kappa shape index (κ3) is 4.57. The fourth-order valence-electron chi connectivity index (χ4n) is 3.10. The third-order valence-electron chi connectivity index (χ3n) is 4.68. The molecule has 1 N–H and O–H groups in total. The summed E-state index contributed by atoms with van der Waals surface area (Å²) < 4.78 is 38.8. The van der Waals surface area contributed by atoms with Gasteiger partial charge in [0, 0.05) is 28.3 Å². The van der Waals surface area contributed by atoms with Crippen molar-refractivity contribution >= 4 is 38.6 Å². The lowest BCUT2D eigenvalue weighted by Gasteiger charge is -2.12. The van der Waals surface area contributed by atoms with Crippen LogP contribution >= 0.6 is 22.9 Å².